The summed E-state index contributed by atoms with van der Waals surface area (Å²) in [6, 6.07) is 9.29. The molecule has 4 aromatic rings. The molecule has 0 unspecified atom stereocenters. The lowest BCUT2D eigenvalue weighted by molar-refractivity contribution is -0.112. The van der Waals surface area contributed by atoms with Crippen molar-refractivity contribution < 1.29 is 13.9 Å². The lowest BCUT2D eigenvalue weighted by atomic mass is 10.1. The van der Waals surface area contributed by atoms with E-state index in [1.807, 2.05) is 6.07 Å². The number of anilines is 3. The van der Waals surface area contributed by atoms with Gasteiger partial charge in [-0.2, -0.15) is 5.26 Å². The summed E-state index contributed by atoms with van der Waals surface area (Å²) in [4.78, 5) is 27.9. The van der Waals surface area contributed by atoms with Crippen LogP contribution in [0, 0.1) is 17.1 Å². The molecule has 2 aromatic carbocycles. The number of carbonyl (C=O) groups is 1. The van der Waals surface area contributed by atoms with Gasteiger partial charge in [-0.3, -0.25) is 4.79 Å². The number of ether oxygens (including phenoxy) is 1. The Morgan fingerprint density at radius 2 is 2.15 bits per heavy atom. The Morgan fingerprint density at radius 1 is 1.30 bits per heavy atom. The van der Waals surface area contributed by atoms with Gasteiger partial charge >= 0.3 is 0 Å². The minimum atomic E-state index is -0.638. The number of halogens is 2. The van der Waals surface area contributed by atoms with Crippen molar-refractivity contribution in [1.29, 1.82) is 5.26 Å². The lowest BCUT2D eigenvalue weighted by Crippen LogP contribution is -2.14. The third-order valence-corrected chi connectivity index (χ3v) is 4.86. The van der Waals surface area contributed by atoms with E-state index in [4.69, 9.17) is 16.3 Å². The molecule has 0 fully saturated rings. The first-order valence-corrected chi connectivity index (χ1v) is 9.82. The van der Waals surface area contributed by atoms with E-state index in [9.17, 15) is 14.4 Å². The molecule has 164 valence electrons. The van der Waals surface area contributed by atoms with Crippen molar-refractivity contribution in [3.05, 3.63) is 71.3 Å². The molecule has 1 amide bonds. The molecule has 0 radical (unpaired) electrons. The number of hydrogen-bond acceptors (Lipinski definition) is 7. The fraction of sp³-hybridized carbons (Fsp3) is 0.0455. The molecule has 33 heavy (non-hydrogen) atoms. The summed E-state index contributed by atoms with van der Waals surface area (Å²) < 4.78 is 18.9. The minimum Gasteiger partial charge on any atom is -0.494 e. The van der Waals surface area contributed by atoms with E-state index in [1.165, 1.54) is 50.2 Å². The topological polar surface area (TPSA) is 129 Å². The minimum absolute atomic E-state index is 0.0407. The number of amides is 1. The number of aromatic amines is 1. The molecule has 0 aliphatic rings. The maximum absolute atomic E-state index is 13.5. The number of rotatable bonds is 6. The average molecular weight is 464 g/mol. The second-order valence-electron chi connectivity index (χ2n) is 6.68. The Balaban J connectivity index is 1.70. The zero-order valence-electron chi connectivity index (χ0n) is 17.1. The van der Waals surface area contributed by atoms with Gasteiger partial charge in [0.25, 0.3) is 5.91 Å². The number of nitrogens with zero attached hydrogens (tertiary/aromatic N) is 4. The molecule has 4 rings (SSSR count). The van der Waals surface area contributed by atoms with Crippen LogP contribution in [-0.2, 0) is 4.79 Å². The molecule has 0 aliphatic heterocycles. The van der Waals surface area contributed by atoms with Crippen LogP contribution in [0.1, 0.15) is 5.69 Å². The first-order valence-electron chi connectivity index (χ1n) is 9.45. The van der Waals surface area contributed by atoms with Crippen LogP contribution >= 0.6 is 11.6 Å². The van der Waals surface area contributed by atoms with E-state index in [1.54, 1.807) is 12.1 Å². The molecule has 0 saturated heterocycles. The molecule has 2 heterocycles. The van der Waals surface area contributed by atoms with E-state index in [2.05, 4.69) is 30.6 Å². The number of imidazole rings is 1. The molecule has 0 spiro atoms. The first-order chi connectivity index (χ1) is 16.0. The normalized spacial score (nSPS) is 11.2. The highest BCUT2D eigenvalue weighted by molar-refractivity contribution is 6.31. The smallest absolute Gasteiger partial charge is 0.266 e. The van der Waals surface area contributed by atoms with Crippen molar-refractivity contribution in [2.45, 2.75) is 0 Å². The Morgan fingerprint density at radius 3 is 2.85 bits per heavy atom. The van der Waals surface area contributed by atoms with E-state index in [-0.39, 0.29) is 10.6 Å². The number of nitrogens with one attached hydrogen (secondary N) is 3. The highest BCUT2D eigenvalue weighted by Gasteiger charge is 2.16. The fourth-order valence-electron chi connectivity index (χ4n) is 3.00. The summed E-state index contributed by atoms with van der Waals surface area (Å²) in [6.07, 6.45) is 5.66. The van der Waals surface area contributed by atoms with Gasteiger partial charge in [0.15, 0.2) is 0 Å². The van der Waals surface area contributed by atoms with Crippen LogP contribution in [0.4, 0.5) is 21.6 Å². The number of benzene rings is 2. The summed E-state index contributed by atoms with van der Waals surface area (Å²) in [5.41, 5.74) is 1.71. The van der Waals surface area contributed by atoms with Crippen molar-refractivity contribution in [3.63, 3.8) is 0 Å². The molecular formula is C22H15ClFN7O2. The van der Waals surface area contributed by atoms with Gasteiger partial charge in [-0.25, -0.2) is 19.3 Å². The zero-order valence-corrected chi connectivity index (χ0v) is 17.8. The Hall–Kier alpha value is -4.49. The quantitative estimate of drug-likeness (QED) is 0.284. The van der Waals surface area contributed by atoms with Crippen LogP contribution < -0.4 is 15.4 Å². The third kappa shape index (κ3) is 4.73. The van der Waals surface area contributed by atoms with Gasteiger partial charge in [-0.1, -0.05) is 11.6 Å². The van der Waals surface area contributed by atoms with Crippen molar-refractivity contribution >= 4 is 51.7 Å². The summed E-state index contributed by atoms with van der Waals surface area (Å²) in [6.45, 7) is 0. The molecule has 0 atom stereocenters. The fourth-order valence-corrected chi connectivity index (χ4v) is 3.18. The van der Waals surface area contributed by atoms with Crippen molar-refractivity contribution in [2.24, 2.45) is 0 Å². The second kappa shape index (κ2) is 9.33. The van der Waals surface area contributed by atoms with Crippen molar-refractivity contribution in [3.8, 4) is 11.8 Å². The molecule has 11 heteroatoms. The van der Waals surface area contributed by atoms with Crippen LogP contribution in [0.15, 0.2) is 54.8 Å². The van der Waals surface area contributed by atoms with Crippen molar-refractivity contribution in [2.75, 3.05) is 17.7 Å². The number of hydrogen-bond donors (Lipinski definition) is 3. The summed E-state index contributed by atoms with van der Waals surface area (Å²) >= 11 is 5.86. The largest absolute Gasteiger partial charge is 0.494 e. The number of nitriles is 1. The van der Waals surface area contributed by atoms with Gasteiger partial charge in [0.1, 0.15) is 35.4 Å². The molecule has 9 nitrogen and oxygen atoms in total. The SMILES string of the molecule is COc1cc2ncnc(Nc3ccc(F)c(Cl)c3)c2cc1NC(=O)C(C#N)=Cc1cnc[nH]1. The number of fused-ring (bicyclic) bond motifs is 1. The predicted molar refractivity (Wildman–Crippen MR) is 122 cm³/mol. The van der Waals surface area contributed by atoms with Gasteiger partial charge in [0, 0.05) is 17.1 Å². The summed E-state index contributed by atoms with van der Waals surface area (Å²) in [5.74, 6) is -0.444. The van der Waals surface area contributed by atoms with Crippen LogP contribution in [0.5, 0.6) is 5.75 Å². The van der Waals surface area contributed by atoms with Crippen LogP contribution in [0.2, 0.25) is 5.02 Å². The number of aromatic nitrogens is 4. The molecule has 2 aromatic heterocycles. The predicted octanol–water partition coefficient (Wildman–Crippen LogP) is 4.44. The van der Waals surface area contributed by atoms with Gasteiger partial charge < -0.3 is 20.4 Å². The summed E-state index contributed by atoms with van der Waals surface area (Å²) in [7, 11) is 1.45. The Kier molecular flexibility index (Phi) is 6.15. The van der Waals surface area contributed by atoms with E-state index >= 15 is 0 Å². The maximum Gasteiger partial charge on any atom is 0.266 e. The summed E-state index contributed by atoms with van der Waals surface area (Å²) in [5, 5.41) is 15.7. The van der Waals surface area contributed by atoms with Gasteiger partial charge in [0.2, 0.25) is 0 Å². The standard InChI is InChI=1S/C22H15ClFN7O2/c1-33-20-7-18-15(21(29-11-28-18)30-13-2-3-17(24)16(23)5-13)6-19(20)31-22(32)12(8-25)4-14-9-26-10-27-14/h2-7,9-11H,1H3,(H,26,27)(H,31,32)(H,28,29,30). The Bertz CT molecular complexity index is 1410. The maximum atomic E-state index is 13.5. The monoisotopic (exact) mass is 463 g/mol. The first kappa shape index (κ1) is 21.7. The van der Waals surface area contributed by atoms with Gasteiger partial charge in [0.05, 0.1) is 41.6 Å². The van der Waals surface area contributed by atoms with Crippen LogP contribution in [-0.4, -0.2) is 33.0 Å². The Labute approximate surface area is 191 Å². The molecule has 0 bridgehead atoms. The average Bonchev–Trinajstić information content (AvgIpc) is 3.33. The number of H-pyrrole nitrogens is 1. The van der Waals surface area contributed by atoms with Crippen molar-refractivity contribution in [1.82, 2.24) is 19.9 Å². The van der Waals surface area contributed by atoms with Crippen LogP contribution in [0.25, 0.3) is 17.0 Å². The molecule has 0 saturated carbocycles. The number of methoxy groups -OCH3 is 1. The van der Waals surface area contributed by atoms with E-state index in [0.717, 1.165) is 0 Å². The van der Waals surface area contributed by atoms with Gasteiger partial charge in [-0.05, 0) is 30.3 Å². The number of carbonyl (C=O) groups excluding carboxylic acids is 1. The molecule has 0 aliphatic carbocycles. The van der Waals surface area contributed by atoms with E-state index in [0.29, 0.717) is 39.5 Å². The lowest BCUT2D eigenvalue weighted by Gasteiger charge is -2.14. The third-order valence-electron chi connectivity index (χ3n) is 4.57. The highest BCUT2D eigenvalue weighted by Crippen LogP contribution is 2.33. The van der Waals surface area contributed by atoms with Gasteiger partial charge in [-0.15, -0.1) is 0 Å². The van der Waals surface area contributed by atoms with E-state index < -0.39 is 11.7 Å². The second-order valence-corrected chi connectivity index (χ2v) is 7.08. The molecule has 3 N–H and O–H groups in total. The van der Waals surface area contributed by atoms with Crippen LogP contribution in [0.3, 0.4) is 0 Å². The highest BCUT2D eigenvalue weighted by atomic mass is 35.5. The molecular weight excluding hydrogens is 449 g/mol. The zero-order chi connectivity index (χ0) is 23.4.